The molecule has 3 N–H and O–H groups in total. The molecule has 0 amide bonds. The maximum atomic E-state index is 8.58. The van der Waals surface area contributed by atoms with E-state index in [9.17, 15) is 0 Å². The van der Waals surface area contributed by atoms with Crippen LogP contribution in [0.2, 0.25) is 0 Å². The maximum Gasteiger partial charge on any atom is 0.169 e. The monoisotopic (exact) mass is 229 g/mol. The number of rotatable bonds is 6. The van der Waals surface area contributed by atoms with Crippen LogP contribution in [-0.2, 0) is 4.74 Å². The smallest absolute Gasteiger partial charge is 0.169 e. The SMILES string of the molecule is CCCCCCN1CCOC(C(N)=NO)C1. The largest absolute Gasteiger partial charge is 0.409 e. The second-order valence-corrected chi connectivity index (χ2v) is 4.25. The second-order valence-electron chi connectivity index (χ2n) is 4.25. The molecule has 1 rings (SSSR count). The molecule has 1 heterocycles. The average Bonchev–Trinajstić information content (AvgIpc) is 2.34. The molecule has 16 heavy (non-hydrogen) atoms. The summed E-state index contributed by atoms with van der Waals surface area (Å²) in [4.78, 5) is 2.32. The van der Waals surface area contributed by atoms with Crippen molar-refractivity contribution in [1.82, 2.24) is 4.90 Å². The van der Waals surface area contributed by atoms with Crippen LogP contribution in [0, 0.1) is 0 Å². The lowest BCUT2D eigenvalue weighted by molar-refractivity contribution is 0.00415. The number of morpholine rings is 1. The molecule has 0 aliphatic carbocycles. The van der Waals surface area contributed by atoms with Crippen LogP contribution in [0.5, 0.6) is 0 Å². The van der Waals surface area contributed by atoms with Crippen molar-refractivity contribution in [3.05, 3.63) is 0 Å². The molecule has 1 aliphatic rings. The lowest BCUT2D eigenvalue weighted by Crippen LogP contribution is -2.48. The van der Waals surface area contributed by atoms with E-state index in [1.807, 2.05) is 0 Å². The topological polar surface area (TPSA) is 71.1 Å². The molecule has 0 aromatic heterocycles. The Labute approximate surface area is 97.2 Å². The Hall–Kier alpha value is -0.810. The van der Waals surface area contributed by atoms with Gasteiger partial charge in [0.05, 0.1) is 6.61 Å². The van der Waals surface area contributed by atoms with Crippen molar-refractivity contribution in [2.75, 3.05) is 26.2 Å². The molecule has 94 valence electrons. The van der Waals surface area contributed by atoms with Crippen molar-refractivity contribution in [1.29, 1.82) is 0 Å². The van der Waals surface area contributed by atoms with Gasteiger partial charge in [-0.15, -0.1) is 0 Å². The van der Waals surface area contributed by atoms with Gasteiger partial charge < -0.3 is 15.7 Å². The quantitative estimate of drug-likeness (QED) is 0.234. The summed E-state index contributed by atoms with van der Waals surface area (Å²) in [6, 6.07) is 0. The molecule has 5 heteroatoms. The van der Waals surface area contributed by atoms with Gasteiger partial charge in [-0.3, -0.25) is 4.90 Å². The number of nitrogens with two attached hydrogens (primary N) is 1. The van der Waals surface area contributed by atoms with Crippen molar-refractivity contribution in [3.8, 4) is 0 Å². The van der Waals surface area contributed by atoms with Crippen LogP contribution in [0.3, 0.4) is 0 Å². The molecule has 1 aliphatic heterocycles. The zero-order chi connectivity index (χ0) is 11.8. The van der Waals surface area contributed by atoms with Crippen LogP contribution in [-0.4, -0.2) is 48.3 Å². The molecule has 0 spiro atoms. The Balaban J connectivity index is 2.22. The summed E-state index contributed by atoms with van der Waals surface area (Å²) in [5, 5.41) is 11.6. The Kier molecular flexibility index (Phi) is 6.18. The van der Waals surface area contributed by atoms with Gasteiger partial charge in [0.25, 0.3) is 0 Å². The highest BCUT2D eigenvalue weighted by Gasteiger charge is 2.23. The third-order valence-corrected chi connectivity index (χ3v) is 2.92. The minimum atomic E-state index is -0.245. The molecular weight excluding hydrogens is 206 g/mol. The van der Waals surface area contributed by atoms with Crippen molar-refractivity contribution in [2.45, 2.75) is 38.7 Å². The molecule has 1 atom stereocenters. The van der Waals surface area contributed by atoms with E-state index >= 15 is 0 Å². The highest BCUT2D eigenvalue weighted by Crippen LogP contribution is 2.08. The first-order valence-corrected chi connectivity index (χ1v) is 6.09. The van der Waals surface area contributed by atoms with Crippen molar-refractivity contribution in [3.63, 3.8) is 0 Å². The number of hydrogen-bond acceptors (Lipinski definition) is 4. The zero-order valence-electron chi connectivity index (χ0n) is 10.1. The number of hydrogen-bond donors (Lipinski definition) is 2. The second kappa shape index (κ2) is 7.46. The van der Waals surface area contributed by atoms with Gasteiger partial charge in [-0.2, -0.15) is 0 Å². The summed E-state index contributed by atoms with van der Waals surface area (Å²) >= 11 is 0. The molecule has 0 saturated carbocycles. The number of nitrogens with zero attached hydrogens (tertiary/aromatic N) is 2. The van der Waals surface area contributed by atoms with Crippen LogP contribution in [0.15, 0.2) is 5.16 Å². The molecule has 5 nitrogen and oxygen atoms in total. The molecule has 0 aromatic rings. The Morgan fingerprint density at radius 1 is 1.50 bits per heavy atom. The standard InChI is InChI=1S/C11H23N3O2/c1-2-3-4-5-6-14-7-8-16-10(9-14)11(12)13-15/h10,15H,2-9H2,1H3,(H2,12,13). The van der Waals surface area contributed by atoms with E-state index in [1.54, 1.807) is 0 Å². The molecule has 0 bridgehead atoms. The van der Waals surface area contributed by atoms with E-state index in [2.05, 4.69) is 17.0 Å². The first kappa shape index (κ1) is 13.3. The number of oxime groups is 1. The van der Waals surface area contributed by atoms with Crippen LogP contribution < -0.4 is 5.73 Å². The van der Waals surface area contributed by atoms with Crippen LogP contribution in [0.4, 0.5) is 0 Å². The van der Waals surface area contributed by atoms with E-state index in [1.165, 1.54) is 25.7 Å². The van der Waals surface area contributed by atoms with Gasteiger partial charge in [0.1, 0.15) is 6.10 Å². The van der Waals surface area contributed by atoms with Crippen molar-refractivity contribution in [2.24, 2.45) is 10.9 Å². The molecular formula is C11H23N3O2. The third-order valence-electron chi connectivity index (χ3n) is 2.92. The maximum absolute atomic E-state index is 8.58. The van der Waals surface area contributed by atoms with Crippen molar-refractivity contribution >= 4 is 5.84 Å². The van der Waals surface area contributed by atoms with E-state index in [0.717, 1.165) is 19.6 Å². The average molecular weight is 229 g/mol. The number of amidine groups is 1. The highest BCUT2D eigenvalue weighted by molar-refractivity contribution is 5.84. The minimum absolute atomic E-state index is 0.179. The first-order chi connectivity index (χ1) is 7.77. The van der Waals surface area contributed by atoms with Crippen molar-refractivity contribution < 1.29 is 9.94 Å². The van der Waals surface area contributed by atoms with Gasteiger partial charge in [-0.1, -0.05) is 31.3 Å². The molecule has 1 unspecified atom stereocenters. The Morgan fingerprint density at radius 3 is 3.00 bits per heavy atom. The van der Waals surface area contributed by atoms with E-state index in [0.29, 0.717) is 6.61 Å². The predicted molar refractivity (Wildman–Crippen MR) is 63.7 cm³/mol. The molecule has 1 saturated heterocycles. The first-order valence-electron chi connectivity index (χ1n) is 6.09. The Morgan fingerprint density at radius 2 is 2.31 bits per heavy atom. The van der Waals surface area contributed by atoms with E-state index < -0.39 is 0 Å². The zero-order valence-corrected chi connectivity index (χ0v) is 10.1. The fourth-order valence-electron chi connectivity index (χ4n) is 1.91. The van der Waals surface area contributed by atoms with Gasteiger partial charge in [-0.25, -0.2) is 0 Å². The molecule has 0 aromatic carbocycles. The van der Waals surface area contributed by atoms with Gasteiger partial charge >= 0.3 is 0 Å². The van der Waals surface area contributed by atoms with Crippen LogP contribution in [0.25, 0.3) is 0 Å². The highest BCUT2D eigenvalue weighted by atomic mass is 16.5. The summed E-state index contributed by atoms with van der Waals surface area (Å²) < 4.78 is 5.43. The van der Waals surface area contributed by atoms with Crippen LogP contribution in [0.1, 0.15) is 32.6 Å². The Bertz CT molecular complexity index is 221. The third kappa shape index (κ3) is 4.37. The van der Waals surface area contributed by atoms with Gasteiger partial charge in [0, 0.05) is 13.1 Å². The summed E-state index contributed by atoms with van der Waals surface area (Å²) in [6.45, 7) is 5.64. The van der Waals surface area contributed by atoms with E-state index in [4.69, 9.17) is 15.7 Å². The van der Waals surface area contributed by atoms with Crippen LogP contribution >= 0.6 is 0 Å². The normalized spacial score (nSPS) is 23.6. The lowest BCUT2D eigenvalue weighted by Gasteiger charge is -2.32. The fraction of sp³-hybridized carbons (Fsp3) is 0.909. The van der Waals surface area contributed by atoms with Gasteiger partial charge in [-0.05, 0) is 13.0 Å². The minimum Gasteiger partial charge on any atom is -0.409 e. The lowest BCUT2D eigenvalue weighted by atomic mass is 10.2. The summed E-state index contributed by atoms with van der Waals surface area (Å²) in [6.07, 6.45) is 4.81. The molecule has 0 radical (unpaired) electrons. The van der Waals surface area contributed by atoms with Gasteiger partial charge in [0.15, 0.2) is 5.84 Å². The number of unbranched alkanes of at least 4 members (excludes halogenated alkanes) is 3. The summed E-state index contributed by atoms with van der Waals surface area (Å²) in [5.74, 6) is 0.179. The fourth-order valence-corrected chi connectivity index (χ4v) is 1.91. The molecule has 1 fully saturated rings. The predicted octanol–water partition coefficient (Wildman–Crippen LogP) is 1.01. The number of ether oxygens (including phenoxy) is 1. The van der Waals surface area contributed by atoms with Gasteiger partial charge in [0.2, 0.25) is 0 Å². The van der Waals surface area contributed by atoms with E-state index in [-0.39, 0.29) is 11.9 Å². The summed E-state index contributed by atoms with van der Waals surface area (Å²) in [7, 11) is 0. The summed E-state index contributed by atoms with van der Waals surface area (Å²) in [5.41, 5.74) is 5.53.